The maximum atomic E-state index is 12.2. The highest BCUT2D eigenvalue weighted by atomic mass is 79.9. The molecule has 1 aromatic carbocycles. The fraction of sp³-hybridized carbons (Fsp3) is 0.364. The maximum Gasteiger partial charge on any atom is 0.387 e. The van der Waals surface area contributed by atoms with Crippen molar-refractivity contribution in [3.8, 4) is 5.75 Å². The van der Waals surface area contributed by atoms with Crippen LogP contribution in [0.25, 0.3) is 0 Å². The standard InChI is InChI=1S/C11H10Br2F2O2/c12-4-3-9(16)8-5-7(6-13)1-2-10(8)17-11(14)15/h1-2,5,11H,3-4,6H2. The van der Waals surface area contributed by atoms with Crippen LogP contribution in [0.15, 0.2) is 18.2 Å². The molecular weight excluding hydrogens is 362 g/mol. The number of hydrogen-bond acceptors (Lipinski definition) is 2. The molecule has 0 aliphatic heterocycles. The summed E-state index contributed by atoms with van der Waals surface area (Å²) in [7, 11) is 0. The molecule has 1 rings (SSSR count). The van der Waals surface area contributed by atoms with Crippen molar-refractivity contribution in [2.75, 3.05) is 5.33 Å². The first-order chi connectivity index (χ1) is 8.08. The summed E-state index contributed by atoms with van der Waals surface area (Å²) in [4.78, 5) is 11.7. The van der Waals surface area contributed by atoms with Crippen molar-refractivity contribution < 1.29 is 18.3 Å². The van der Waals surface area contributed by atoms with Gasteiger partial charge in [0.05, 0.1) is 5.56 Å². The smallest absolute Gasteiger partial charge is 0.387 e. The third kappa shape index (κ3) is 4.35. The second-order valence-corrected chi connectivity index (χ2v) is 4.56. The first-order valence-electron chi connectivity index (χ1n) is 4.81. The first-order valence-corrected chi connectivity index (χ1v) is 7.05. The number of alkyl halides is 4. The van der Waals surface area contributed by atoms with Gasteiger partial charge in [0.25, 0.3) is 0 Å². The topological polar surface area (TPSA) is 26.3 Å². The van der Waals surface area contributed by atoms with Gasteiger partial charge in [-0.3, -0.25) is 4.79 Å². The molecule has 0 bridgehead atoms. The van der Waals surface area contributed by atoms with Crippen molar-refractivity contribution >= 4 is 37.6 Å². The minimum absolute atomic E-state index is 0.0735. The van der Waals surface area contributed by atoms with Crippen LogP contribution in [0.5, 0.6) is 5.75 Å². The molecule has 0 heterocycles. The van der Waals surface area contributed by atoms with Crippen LogP contribution < -0.4 is 4.74 Å². The Morgan fingerprint density at radius 3 is 2.59 bits per heavy atom. The molecule has 0 saturated carbocycles. The summed E-state index contributed by atoms with van der Waals surface area (Å²) >= 11 is 6.38. The number of carbonyl (C=O) groups excluding carboxylic acids is 1. The van der Waals surface area contributed by atoms with Crippen molar-refractivity contribution in [1.29, 1.82) is 0 Å². The van der Waals surface area contributed by atoms with E-state index in [2.05, 4.69) is 36.6 Å². The van der Waals surface area contributed by atoms with E-state index in [1.165, 1.54) is 6.07 Å². The Kier molecular flexibility index (Phi) is 6.05. The summed E-state index contributed by atoms with van der Waals surface area (Å²) in [5.41, 5.74) is 1.03. The molecule has 0 aromatic heterocycles. The lowest BCUT2D eigenvalue weighted by Gasteiger charge is -2.10. The third-order valence-corrected chi connectivity index (χ3v) is 3.08. The van der Waals surface area contributed by atoms with Gasteiger partial charge in [-0.15, -0.1) is 0 Å². The highest BCUT2D eigenvalue weighted by Gasteiger charge is 2.15. The molecule has 0 fully saturated rings. The summed E-state index contributed by atoms with van der Waals surface area (Å²) in [6.45, 7) is -2.93. The Morgan fingerprint density at radius 1 is 1.35 bits per heavy atom. The molecule has 0 radical (unpaired) electrons. The lowest BCUT2D eigenvalue weighted by Crippen LogP contribution is -2.09. The number of halogens is 4. The second-order valence-electron chi connectivity index (χ2n) is 3.20. The zero-order valence-electron chi connectivity index (χ0n) is 8.76. The largest absolute Gasteiger partial charge is 0.434 e. The Bertz CT molecular complexity index is 397. The maximum absolute atomic E-state index is 12.2. The van der Waals surface area contributed by atoms with Gasteiger partial charge in [-0.2, -0.15) is 8.78 Å². The quantitative estimate of drug-likeness (QED) is 0.554. The van der Waals surface area contributed by atoms with E-state index in [4.69, 9.17) is 0 Å². The van der Waals surface area contributed by atoms with Crippen molar-refractivity contribution in [1.82, 2.24) is 0 Å². The minimum Gasteiger partial charge on any atom is -0.434 e. The van der Waals surface area contributed by atoms with Crippen LogP contribution in [0.4, 0.5) is 8.78 Å². The fourth-order valence-corrected chi connectivity index (χ4v) is 2.01. The van der Waals surface area contributed by atoms with Crippen LogP contribution in [-0.4, -0.2) is 17.7 Å². The normalized spacial score (nSPS) is 10.6. The molecule has 0 atom stereocenters. The van der Waals surface area contributed by atoms with E-state index in [1.807, 2.05) is 0 Å². The van der Waals surface area contributed by atoms with Gasteiger partial charge in [0, 0.05) is 17.1 Å². The summed E-state index contributed by atoms with van der Waals surface area (Å²) in [6.07, 6.45) is 0.241. The number of benzene rings is 1. The number of Topliss-reactive ketones (excluding diaryl/α,β-unsaturated/α-hetero) is 1. The highest BCUT2D eigenvalue weighted by Crippen LogP contribution is 2.24. The van der Waals surface area contributed by atoms with Gasteiger partial charge < -0.3 is 4.74 Å². The Labute approximate surface area is 115 Å². The Hall–Kier alpha value is -0.490. The molecule has 0 spiro atoms. The molecule has 94 valence electrons. The summed E-state index contributed by atoms with van der Waals surface area (Å²) < 4.78 is 28.7. The zero-order valence-corrected chi connectivity index (χ0v) is 11.9. The zero-order chi connectivity index (χ0) is 12.8. The summed E-state index contributed by atoms with van der Waals surface area (Å²) in [5, 5.41) is 1.04. The number of ether oxygens (including phenoxy) is 1. The van der Waals surface area contributed by atoms with E-state index in [-0.39, 0.29) is 23.5 Å². The highest BCUT2D eigenvalue weighted by molar-refractivity contribution is 9.09. The van der Waals surface area contributed by atoms with E-state index in [0.29, 0.717) is 10.7 Å². The summed E-state index contributed by atoms with van der Waals surface area (Å²) in [6, 6.07) is 4.60. The van der Waals surface area contributed by atoms with Crippen molar-refractivity contribution in [3.63, 3.8) is 0 Å². The van der Waals surface area contributed by atoms with Gasteiger partial charge >= 0.3 is 6.61 Å². The van der Waals surface area contributed by atoms with E-state index in [1.54, 1.807) is 12.1 Å². The van der Waals surface area contributed by atoms with Crippen molar-refractivity contribution in [2.24, 2.45) is 0 Å². The lowest BCUT2D eigenvalue weighted by atomic mass is 10.1. The average molecular weight is 372 g/mol. The SMILES string of the molecule is O=C(CCBr)c1cc(CBr)ccc1OC(F)F. The van der Waals surface area contributed by atoms with Gasteiger partial charge in [-0.05, 0) is 17.7 Å². The molecule has 0 aliphatic carbocycles. The molecule has 2 nitrogen and oxygen atoms in total. The van der Waals surface area contributed by atoms with Crippen molar-refractivity contribution in [3.05, 3.63) is 29.3 Å². The molecule has 0 N–H and O–H groups in total. The number of ketones is 1. The molecule has 17 heavy (non-hydrogen) atoms. The predicted octanol–water partition coefficient (Wildman–Crippen LogP) is 4.15. The molecule has 0 saturated heterocycles. The molecular formula is C11H10Br2F2O2. The molecule has 6 heteroatoms. The van der Waals surface area contributed by atoms with Gasteiger partial charge in [-0.1, -0.05) is 37.9 Å². The number of carbonyl (C=O) groups is 1. The van der Waals surface area contributed by atoms with Gasteiger partial charge in [0.2, 0.25) is 0 Å². The molecule has 0 amide bonds. The lowest BCUT2D eigenvalue weighted by molar-refractivity contribution is -0.0501. The van der Waals surface area contributed by atoms with E-state index in [9.17, 15) is 13.6 Å². The molecule has 0 aliphatic rings. The predicted molar refractivity (Wildman–Crippen MR) is 68.4 cm³/mol. The van der Waals surface area contributed by atoms with Gasteiger partial charge in [0.1, 0.15) is 5.75 Å². The number of rotatable bonds is 6. The van der Waals surface area contributed by atoms with Crippen LogP contribution in [-0.2, 0) is 5.33 Å². The Balaban J connectivity index is 3.06. The second kappa shape index (κ2) is 7.06. The van der Waals surface area contributed by atoms with Gasteiger partial charge in [-0.25, -0.2) is 0 Å². The monoisotopic (exact) mass is 370 g/mol. The number of hydrogen-bond donors (Lipinski definition) is 0. The van der Waals surface area contributed by atoms with Gasteiger partial charge in [0.15, 0.2) is 5.78 Å². The van der Waals surface area contributed by atoms with Crippen LogP contribution in [0.2, 0.25) is 0 Å². The van der Waals surface area contributed by atoms with E-state index >= 15 is 0 Å². The molecule has 0 unspecified atom stereocenters. The van der Waals surface area contributed by atoms with Crippen LogP contribution in [0.1, 0.15) is 22.3 Å². The fourth-order valence-electron chi connectivity index (χ4n) is 1.30. The Morgan fingerprint density at radius 2 is 2.06 bits per heavy atom. The third-order valence-electron chi connectivity index (χ3n) is 2.04. The minimum atomic E-state index is -2.93. The average Bonchev–Trinajstić information content (AvgIpc) is 2.29. The van der Waals surface area contributed by atoms with E-state index < -0.39 is 6.61 Å². The first kappa shape index (κ1) is 14.6. The van der Waals surface area contributed by atoms with E-state index in [0.717, 1.165) is 5.56 Å². The van der Waals surface area contributed by atoms with Crippen molar-refractivity contribution in [2.45, 2.75) is 18.4 Å². The van der Waals surface area contributed by atoms with Crippen LogP contribution in [0, 0.1) is 0 Å². The van der Waals surface area contributed by atoms with Crippen LogP contribution in [0.3, 0.4) is 0 Å². The summed E-state index contributed by atoms with van der Waals surface area (Å²) in [5.74, 6) is -0.295. The van der Waals surface area contributed by atoms with Crippen LogP contribution >= 0.6 is 31.9 Å². The molecule has 1 aromatic rings.